The summed E-state index contributed by atoms with van der Waals surface area (Å²) in [5, 5.41) is 53.0. The molecular weight excluding hydrogens is 319 g/mol. The number of nitrogens with one attached hydrogen (secondary N) is 2. The van der Waals surface area contributed by atoms with Gasteiger partial charge in [0, 0.05) is 12.6 Å². The van der Waals surface area contributed by atoms with Gasteiger partial charge in [0.1, 0.15) is 24.4 Å². The van der Waals surface area contributed by atoms with Crippen LogP contribution in [0.2, 0.25) is 0 Å². The molecule has 1 amide bonds. The average molecular weight is 340 g/mol. The normalized spacial score (nSPS) is 29.8. The van der Waals surface area contributed by atoms with E-state index in [0.29, 0.717) is 11.2 Å². The Morgan fingerprint density at radius 2 is 1.83 bits per heavy atom. The lowest BCUT2D eigenvalue weighted by Crippen LogP contribution is -2.65. The van der Waals surface area contributed by atoms with Crippen molar-refractivity contribution in [3.05, 3.63) is 24.3 Å². The standard InChI is InChI=1S/C14H21BN2O7/c1-7(19)16-11-13(21)12(20)10(6-18)24-14(11)17-9-4-2-8(3-5-9)15(22)23/h2-5,10-14,17-18,20-23H,6H2,1H3,(H,16,19)/t10?,11-,12?,13?,14?/m0/s1. The van der Waals surface area contributed by atoms with E-state index in [9.17, 15) is 20.1 Å². The minimum Gasteiger partial charge on any atom is -0.423 e. The molecule has 9 nitrogen and oxygen atoms in total. The van der Waals surface area contributed by atoms with Crippen molar-refractivity contribution in [1.29, 1.82) is 0 Å². The molecule has 1 aromatic carbocycles. The Balaban J connectivity index is 2.17. The molecule has 0 spiro atoms. The molecule has 1 saturated heterocycles. The topological polar surface area (TPSA) is 152 Å². The molecule has 2 rings (SSSR count). The van der Waals surface area contributed by atoms with Crippen molar-refractivity contribution in [2.75, 3.05) is 11.9 Å². The van der Waals surface area contributed by atoms with Gasteiger partial charge in [0.05, 0.1) is 6.61 Å². The Kier molecular flexibility index (Phi) is 6.16. The summed E-state index contributed by atoms with van der Waals surface area (Å²) in [6, 6.07) is 5.15. The highest BCUT2D eigenvalue weighted by Gasteiger charge is 2.44. The van der Waals surface area contributed by atoms with Gasteiger partial charge in [-0.15, -0.1) is 0 Å². The van der Waals surface area contributed by atoms with E-state index in [-0.39, 0.29) is 0 Å². The molecule has 4 unspecified atom stereocenters. The number of aliphatic hydroxyl groups excluding tert-OH is 3. The van der Waals surface area contributed by atoms with Crippen LogP contribution in [0.25, 0.3) is 0 Å². The Hall–Kier alpha value is -1.69. The van der Waals surface area contributed by atoms with Gasteiger partial charge in [0.25, 0.3) is 0 Å². The van der Waals surface area contributed by atoms with Gasteiger partial charge >= 0.3 is 7.12 Å². The molecule has 10 heteroatoms. The molecule has 1 fully saturated rings. The second-order valence-corrected chi connectivity index (χ2v) is 5.63. The molecule has 5 atom stereocenters. The van der Waals surface area contributed by atoms with Crippen molar-refractivity contribution in [3.8, 4) is 0 Å². The maximum Gasteiger partial charge on any atom is 0.488 e. The number of hydrogen-bond acceptors (Lipinski definition) is 8. The molecule has 0 aliphatic carbocycles. The van der Waals surface area contributed by atoms with Crippen molar-refractivity contribution in [3.63, 3.8) is 0 Å². The largest absolute Gasteiger partial charge is 0.488 e. The van der Waals surface area contributed by atoms with Gasteiger partial charge in [0.2, 0.25) is 5.91 Å². The number of carbonyl (C=O) groups excluding carboxylic acids is 1. The van der Waals surface area contributed by atoms with Gasteiger partial charge in [-0.3, -0.25) is 4.79 Å². The highest BCUT2D eigenvalue weighted by molar-refractivity contribution is 6.58. The van der Waals surface area contributed by atoms with Gasteiger partial charge in [-0.1, -0.05) is 12.1 Å². The predicted molar refractivity (Wildman–Crippen MR) is 85.3 cm³/mol. The van der Waals surface area contributed by atoms with Crippen LogP contribution in [-0.2, 0) is 9.53 Å². The summed E-state index contributed by atoms with van der Waals surface area (Å²) in [5.41, 5.74) is 0.826. The summed E-state index contributed by atoms with van der Waals surface area (Å²) in [5.74, 6) is -0.414. The van der Waals surface area contributed by atoms with E-state index >= 15 is 0 Å². The van der Waals surface area contributed by atoms with E-state index in [0.717, 1.165) is 0 Å². The molecular formula is C14H21BN2O7. The summed E-state index contributed by atoms with van der Waals surface area (Å²) < 4.78 is 5.53. The molecule has 0 radical (unpaired) electrons. The molecule has 24 heavy (non-hydrogen) atoms. The van der Waals surface area contributed by atoms with Crippen LogP contribution in [0.4, 0.5) is 5.69 Å². The first-order valence-corrected chi connectivity index (χ1v) is 7.45. The van der Waals surface area contributed by atoms with Gasteiger partial charge in [-0.2, -0.15) is 0 Å². The summed E-state index contributed by atoms with van der Waals surface area (Å²) in [7, 11) is -1.59. The number of carbonyl (C=O) groups is 1. The maximum atomic E-state index is 11.3. The minimum atomic E-state index is -1.59. The number of benzene rings is 1. The van der Waals surface area contributed by atoms with E-state index in [1.54, 1.807) is 12.1 Å². The van der Waals surface area contributed by atoms with E-state index in [4.69, 9.17) is 14.8 Å². The molecule has 1 aliphatic heterocycles. The van der Waals surface area contributed by atoms with E-state index < -0.39 is 50.2 Å². The first kappa shape index (κ1) is 18.7. The number of aliphatic hydroxyl groups is 3. The number of anilines is 1. The van der Waals surface area contributed by atoms with Crippen molar-refractivity contribution in [1.82, 2.24) is 5.32 Å². The molecule has 1 aliphatic rings. The van der Waals surface area contributed by atoms with E-state index in [1.165, 1.54) is 19.1 Å². The third kappa shape index (κ3) is 4.23. The fourth-order valence-corrected chi connectivity index (χ4v) is 2.55. The monoisotopic (exact) mass is 340 g/mol. The quantitative estimate of drug-likeness (QED) is 0.276. The highest BCUT2D eigenvalue weighted by Crippen LogP contribution is 2.22. The Morgan fingerprint density at radius 3 is 2.33 bits per heavy atom. The second kappa shape index (κ2) is 7.93. The fraction of sp³-hybridized carbons (Fsp3) is 0.500. The van der Waals surface area contributed by atoms with Crippen molar-refractivity contribution in [2.24, 2.45) is 0 Å². The lowest BCUT2D eigenvalue weighted by Gasteiger charge is -2.43. The molecule has 0 bridgehead atoms. The van der Waals surface area contributed by atoms with Gasteiger partial charge in [-0.25, -0.2) is 0 Å². The first-order chi connectivity index (χ1) is 11.3. The van der Waals surface area contributed by atoms with Gasteiger partial charge in [0.15, 0.2) is 6.23 Å². The van der Waals surface area contributed by atoms with Crippen molar-refractivity contribution < 1.29 is 34.9 Å². The fourth-order valence-electron chi connectivity index (χ4n) is 2.55. The molecule has 132 valence electrons. The Labute approximate surface area is 139 Å². The van der Waals surface area contributed by atoms with Crippen molar-refractivity contribution in [2.45, 2.75) is 37.5 Å². The third-order valence-corrected chi connectivity index (χ3v) is 3.81. The van der Waals surface area contributed by atoms with Crippen LogP contribution < -0.4 is 16.1 Å². The first-order valence-electron chi connectivity index (χ1n) is 7.45. The maximum absolute atomic E-state index is 11.3. The third-order valence-electron chi connectivity index (χ3n) is 3.81. The van der Waals surface area contributed by atoms with Crippen LogP contribution in [-0.4, -0.2) is 75.6 Å². The summed E-state index contributed by atoms with van der Waals surface area (Å²) >= 11 is 0. The molecule has 0 aromatic heterocycles. The predicted octanol–water partition coefficient (Wildman–Crippen LogP) is -3.28. The molecule has 1 heterocycles. The number of rotatable bonds is 5. The SMILES string of the molecule is CC(=O)N[C@@H]1C(Nc2ccc(B(O)O)cc2)OC(CO)C(O)C1O. The summed E-state index contributed by atoms with van der Waals surface area (Å²) in [4.78, 5) is 11.3. The summed E-state index contributed by atoms with van der Waals surface area (Å²) in [6.45, 7) is 0.768. The van der Waals surface area contributed by atoms with Crippen molar-refractivity contribution >= 4 is 24.2 Å². The van der Waals surface area contributed by atoms with E-state index in [1.807, 2.05) is 0 Å². The second-order valence-electron chi connectivity index (χ2n) is 5.63. The lowest BCUT2D eigenvalue weighted by molar-refractivity contribution is -0.188. The van der Waals surface area contributed by atoms with Crippen LogP contribution in [0.1, 0.15) is 6.92 Å². The molecule has 0 saturated carbocycles. The highest BCUT2D eigenvalue weighted by atomic mass is 16.5. The smallest absolute Gasteiger partial charge is 0.423 e. The molecule has 1 aromatic rings. The Morgan fingerprint density at radius 1 is 1.21 bits per heavy atom. The zero-order valence-corrected chi connectivity index (χ0v) is 13.0. The average Bonchev–Trinajstić information content (AvgIpc) is 2.54. The van der Waals surface area contributed by atoms with Crippen LogP contribution in [0.15, 0.2) is 24.3 Å². The van der Waals surface area contributed by atoms with Crippen LogP contribution in [0.3, 0.4) is 0 Å². The van der Waals surface area contributed by atoms with Gasteiger partial charge in [-0.05, 0) is 17.6 Å². The number of hydrogen-bond donors (Lipinski definition) is 7. The van der Waals surface area contributed by atoms with Gasteiger partial charge < -0.3 is 40.7 Å². The summed E-state index contributed by atoms with van der Waals surface area (Å²) in [6.07, 6.45) is -4.61. The van der Waals surface area contributed by atoms with Crippen LogP contribution in [0.5, 0.6) is 0 Å². The Bertz CT molecular complexity index is 557. The number of amides is 1. The van der Waals surface area contributed by atoms with Crippen LogP contribution >= 0.6 is 0 Å². The zero-order valence-electron chi connectivity index (χ0n) is 13.0. The zero-order chi connectivity index (χ0) is 17.9. The minimum absolute atomic E-state index is 0.298. The van der Waals surface area contributed by atoms with E-state index in [2.05, 4.69) is 10.6 Å². The van der Waals surface area contributed by atoms with Crippen LogP contribution in [0, 0.1) is 0 Å². The lowest BCUT2D eigenvalue weighted by atomic mass is 9.80. The molecule has 7 N–H and O–H groups in total. The number of ether oxygens (including phenoxy) is 1.